The minimum absolute atomic E-state index is 0.186. The summed E-state index contributed by atoms with van der Waals surface area (Å²) >= 11 is 0. The third-order valence-corrected chi connectivity index (χ3v) is 7.33. The van der Waals surface area contributed by atoms with E-state index in [0.717, 1.165) is 42.3 Å². The second-order valence-corrected chi connectivity index (χ2v) is 9.57. The first kappa shape index (κ1) is 15.2. The molecule has 0 unspecified atom stereocenters. The van der Waals surface area contributed by atoms with E-state index in [-0.39, 0.29) is 5.91 Å². The van der Waals surface area contributed by atoms with Crippen molar-refractivity contribution in [3.05, 3.63) is 29.8 Å². The number of hydrogen-bond donors (Lipinski definition) is 0. The lowest BCUT2D eigenvalue weighted by molar-refractivity contribution is -0.129. The largest absolute Gasteiger partial charge is 0.342 e. The van der Waals surface area contributed by atoms with Crippen molar-refractivity contribution in [3.8, 4) is 0 Å². The fourth-order valence-electron chi connectivity index (χ4n) is 5.03. The minimum atomic E-state index is -3.17. The van der Waals surface area contributed by atoms with Crippen LogP contribution in [0, 0.1) is 23.7 Å². The average molecular weight is 333 g/mol. The first-order chi connectivity index (χ1) is 10.9. The van der Waals surface area contributed by atoms with Gasteiger partial charge >= 0.3 is 0 Å². The second-order valence-electron chi connectivity index (χ2n) is 7.55. The van der Waals surface area contributed by atoms with Crippen molar-refractivity contribution < 1.29 is 13.2 Å². The fraction of sp³-hybridized carbons (Fsp3) is 0.611. The molecule has 2 bridgehead atoms. The molecule has 23 heavy (non-hydrogen) atoms. The molecule has 3 fully saturated rings. The maximum atomic E-state index is 12.6. The van der Waals surface area contributed by atoms with Crippen LogP contribution in [-0.4, -0.2) is 38.6 Å². The molecule has 0 radical (unpaired) electrons. The molecule has 0 spiro atoms. The normalized spacial score (nSPS) is 32.3. The number of fused-ring (bicyclic) bond motifs is 5. The Kier molecular flexibility index (Phi) is 3.52. The molecule has 2 saturated carbocycles. The Morgan fingerprint density at radius 2 is 1.65 bits per heavy atom. The van der Waals surface area contributed by atoms with Crippen LogP contribution in [0.15, 0.2) is 29.2 Å². The summed E-state index contributed by atoms with van der Waals surface area (Å²) in [6.45, 7) is 1.87. The van der Waals surface area contributed by atoms with Crippen molar-refractivity contribution in [1.29, 1.82) is 0 Å². The summed E-state index contributed by atoms with van der Waals surface area (Å²) in [5, 5.41) is 0. The van der Waals surface area contributed by atoms with Gasteiger partial charge in [-0.1, -0.05) is 12.1 Å². The van der Waals surface area contributed by atoms with Crippen molar-refractivity contribution in [2.24, 2.45) is 23.7 Å². The quantitative estimate of drug-likeness (QED) is 0.851. The van der Waals surface area contributed by atoms with Crippen LogP contribution in [0.5, 0.6) is 0 Å². The van der Waals surface area contributed by atoms with Gasteiger partial charge in [-0.05, 0) is 60.6 Å². The standard InChI is InChI=1S/C18H23NO3S/c1-23(21,22)15-6-2-12(3-7-15)8-18(20)19-10-16-13-4-5-14(9-13)17(16)11-19/h2-3,6-7,13-14,16-17H,4-5,8-11H2,1H3/t13-,14+,16-,17+. The summed E-state index contributed by atoms with van der Waals surface area (Å²) < 4.78 is 23.0. The average Bonchev–Trinajstić information content (AvgIpc) is 3.19. The van der Waals surface area contributed by atoms with E-state index in [9.17, 15) is 13.2 Å². The molecular formula is C18H23NO3S. The SMILES string of the molecule is CS(=O)(=O)c1ccc(CC(=O)N2C[C@@H]3[C@@H]4CC[C@@H](C4)[C@@H]3C2)cc1. The molecule has 4 atom stereocenters. The van der Waals surface area contributed by atoms with Gasteiger partial charge in [-0.15, -0.1) is 0 Å². The zero-order chi connectivity index (χ0) is 16.2. The molecule has 1 heterocycles. The molecular weight excluding hydrogens is 310 g/mol. The van der Waals surface area contributed by atoms with Gasteiger partial charge in [0.15, 0.2) is 9.84 Å². The van der Waals surface area contributed by atoms with E-state index in [2.05, 4.69) is 0 Å². The summed E-state index contributed by atoms with van der Waals surface area (Å²) in [5.41, 5.74) is 0.891. The molecule has 0 N–H and O–H groups in total. The van der Waals surface area contributed by atoms with Gasteiger partial charge in [-0.25, -0.2) is 8.42 Å². The monoisotopic (exact) mass is 333 g/mol. The predicted molar refractivity (Wildman–Crippen MR) is 87.6 cm³/mol. The number of rotatable bonds is 3. The molecule has 3 aliphatic rings. The molecule has 1 aromatic rings. The van der Waals surface area contributed by atoms with E-state index in [4.69, 9.17) is 0 Å². The second kappa shape index (κ2) is 5.33. The Balaban J connectivity index is 1.41. The van der Waals surface area contributed by atoms with E-state index >= 15 is 0 Å². The summed E-state index contributed by atoms with van der Waals surface area (Å²) in [4.78, 5) is 14.9. The van der Waals surface area contributed by atoms with Crippen LogP contribution in [-0.2, 0) is 21.1 Å². The van der Waals surface area contributed by atoms with Gasteiger partial charge in [0.1, 0.15) is 0 Å². The molecule has 1 aromatic carbocycles. The Labute approximate surface area is 137 Å². The van der Waals surface area contributed by atoms with Gasteiger partial charge in [0.05, 0.1) is 11.3 Å². The third kappa shape index (κ3) is 2.69. The maximum Gasteiger partial charge on any atom is 0.227 e. The van der Waals surface area contributed by atoms with Gasteiger partial charge in [0, 0.05) is 19.3 Å². The summed E-state index contributed by atoms with van der Waals surface area (Å²) in [7, 11) is -3.17. The number of amides is 1. The van der Waals surface area contributed by atoms with Gasteiger partial charge in [-0.3, -0.25) is 4.79 Å². The zero-order valence-corrected chi connectivity index (χ0v) is 14.3. The summed E-state index contributed by atoms with van der Waals surface area (Å²) in [6, 6.07) is 6.71. The van der Waals surface area contributed by atoms with Crippen molar-refractivity contribution in [1.82, 2.24) is 4.90 Å². The number of benzene rings is 1. The first-order valence-electron chi connectivity index (χ1n) is 8.48. The van der Waals surface area contributed by atoms with Crippen LogP contribution in [0.4, 0.5) is 0 Å². The van der Waals surface area contributed by atoms with Crippen LogP contribution in [0.25, 0.3) is 0 Å². The van der Waals surface area contributed by atoms with E-state index in [0.29, 0.717) is 11.3 Å². The van der Waals surface area contributed by atoms with Gasteiger partial charge in [0.25, 0.3) is 0 Å². The number of carbonyl (C=O) groups is 1. The highest BCUT2D eigenvalue weighted by atomic mass is 32.2. The smallest absolute Gasteiger partial charge is 0.227 e. The van der Waals surface area contributed by atoms with Gasteiger partial charge < -0.3 is 4.90 Å². The molecule has 1 aliphatic heterocycles. The van der Waals surface area contributed by atoms with Crippen LogP contribution in [0.3, 0.4) is 0 Å². The number of nitrogens with zero attached hydrogens (tertiary/aromatic N) is 1. The highest BCUT2D eigenvalue weighted by Gasteiger charge is 2.52. The third-order valence-electron chi connectivity index (χ3n) is 6.20. The van der Waals surface area contributed by atoms with E-state index < -0.39 is 9.84 Å². The van der Waals surface area contributed by atoms with Crippen molar-refractivity contribution in [2.45, 2.75) is 30.6 Å². The van der Waals surface area contributed by atoms with Crippen LogP contribution in [0.1, 0.15) is 24.8 Å². The van der Waals surface area contributed by atoms with E-state index in [1.54, 1.807) is 24.3 Å². The van der Waals surface area contributed by atoms with Crippen molar-refractivity contribution in [3.63, 3.8) is 0 Å². The maximum absolute atomic E-state index is 12.6. The molecule has 1 saturated heterocycles. The van der Waals surface area contributed by atoms with E-state index in [1.165, 1.54) is 25.5 Å². The highest BCUT2D eigenvalue weighted by Crippen LogP contribution is 2.55. The van der Waals surface area contributed by atoms with Crippen molar-refractivity contribution in [2.75, 3.05) is 19.3 Å². The first-order valence-corrected chi connectivity index (χ1v) is 10.4. The molecule has 124 valence electrons. The minimum Gasteiger partial charge on any atom is -0.342 e. The fourth-order valence-corrected chi connectivity index (χ4v) is 5.66. The molecule has 5 heteroatoms. The Bertz CT molecular complexity index is 707. The predicted octanol–water partition coefficient (Wildman–Crippen LogP) is 2.14. The molecule has 1 amide bonds. The Hall–Kier alpha value is -1.36. The summed E-state index contributed by atoms with van der Waals surface area (Å²) in [5.74, 6) is 3.38. The molecule has 4 nitrogen and oxygen atoms in total. The molecule has 4 rings (SSSR count). The highest BCUT2D eigenvalue weighted by molar-refractivity contribution is 7.90. The van der Waals surface area contributed by atoms with E-state index in [1.807, 2.05) is 4.90 Å². The number of carbonyl (C=O) groups excluding carboxylic acids is 1. The molecule has 0 aromatic heterocycles. The number of likely N-dealkylation sites (tertiary alicyclic amines) is 1. The number of hydrogen-bond acceptors (Lipinski definition) is 3. The lowest BCUT2D eigenvalue weighted by Gasteiger charge is -2.22. The van der Waals surface area contributed by atoms with Crippen LogP contribution < -0.4 is 0 Å². The topological polar surface area (TPSA) is 54.5 Å². The number of sulfone groups is 1. The lowest BCUT2D eigenvalue weighted by Crippen LogP contribution is -2.31. The Morgan fingerprint density at radius 3 is 2.17 bits per heavy atom. The lowest BCUT2D eigenvalue weighted by atomic mass is 9.82. The van der Waals surface area contributed by atoms with Gasteiger partial charge in [0.2, 0.25) is 5.91 Å². The van der Waals surface area contributed by atoms with Crippen molar-refractivity contribution >= 4 is 15.7 Å². The zero-order valence-electron chi connectivity index (χ0n) is 13.4. The molecule has 2 aliphatic carbocycles. The summed E-state index contributed by atoms with van der Waals surface area (Å²) in [6.07, 6.45) is 5.69. The van der Waals surface area contributed by atoms with Crippen LogP contribution in [0.2, 0.25) is 0 Å². The van der Waals surface area contributed by atoms with Gasteiger partial charge in [-0.2, -0.15) is 0 Å². The van der Waals surface area contributed by atoms with Crippen LogP contribution >= 0.6 is 0 Å². The Morgan fingerprint density at radius 1 is 1.09 bits per heavy atom.